The number of hydrogen-bond acceptors (Lipinski definition) is 8. The minimum Gasteiger partial charge on any atom is -0.490 e. The van der Waals surface area contributed by atoms with Crippen molar-refractivity contribution < 1.29 is 27.1 Å². The van der Waals surface area contributed by atoms with Gasteiger partial charge in [-0.2, -0.15) is 13.5 Å². The van der Waals surface area contributed by atoms with Crippen molar-refractivity contribution in [3.63, 3.8) is 0 Å². The van der Waals surface area contributed by atoms with Gasteiger partial charge in [0.05, 0.1) is 27.8 Å². The van der Waals surface area contributed by atoms with E-state index in [1.165, 1.54) is 60.8 Å². The maximum atomic E-state index is 12.7. The van der Waals surface area contributed by atoms with E-state index in [0.717, 1.165) is 6.07 Å². The van der Waals surface area contributed by atoms with Crippen LogP contribution in [0.1, 0.15) is 22.8 Å². The van der Waals surface area contributed by atoms with Crippen molar-refractivity contribution in [2.24, 2.45) is 5.10 Å². The highest BCUT2D eigenvalue weighted by molar-refractivity contribution is 7.87. The van der Waals surface area contributed by atoms with Crippen LogP contribution in [0.25, 0.3) is 0 Å². The third-order valence-electron chi connectivity index (χ3n) is 4.35. The first-order chi connectivity index (χ1) is 16.6. The zero-order chi connectivity index (χ0) is 25.6. The molecular weight excluding hydrogens is 521 g/mol. The van der Waals surface area contributed by atoms with Crippen LogP contribution in [-0.2, 0) is 10.1 Å². The van der Waals surface area contributed by atoms with Crippen LogP contribution >= 0.6 is 23.2 Å². The summed E-state index contributed by atoms with van der Waals surface area (Å²) in [7, 11) is -4.38. The van der Waals surface area contributed by atoms with E-state index < -0.39 is 26.6 Å². The summed E-state index contributed by atoms with van der Waals surface area (Å²) in [4.78, 5) is 22.1. The van der Waals surface area contributed by atoms with Gasteiger partial charge >= 0.3 is 10.1 Å². The van der Waals surface area contributed by atoms with Gasteiger partial charge in [-0.25, -0.2) is 5.43 Å². The van der Waals surface area contributed by atoms with Gasteiger partial charge < -0.3 is 8.92 Å². The fourth-order valence-corrected chi connectivity index (χ4v) is 4.01. The predicted octanol–water partition coefficient (Wildman–Crippen LogP) is 4.83. The van der Waals surface area contributed by atoms with E-state index in [1.54, 1.807) is 6.92 Å². The van der Waals surface area contributed by atoms with Crippen molar-refractivity contribution >= 4 is 51.1 Å². The number of nitro groups is 1. The topological polar surface area (TPSA) is 137 Å². The third-order valence-corrected chi connectivity index (χ3v) is 6.32. The van der Waals surface area contributed by atoms with Crippen molar-refractivity contribution in [3.8, 4) is 11.5 Å². The van der Waals surface area contributed by atoms with Crippen LogP contribution in [0, 0.1) is 10.1 Å². The summed E-state index contributed by atoms with van der Waals surface area (Å²) in [6, 6.07) is 13.1. The lowest BCUT2D eigenvalue weighted by Gasteiger charge is -2.12. The largest absolute Gasteiger partial charge is 0.490 e. The van der Waals surface area contributed by atoms with Gasteiger partial charge in [-0.05, 0) is 55.0 Å². The lowest BCUT2D eigenvalue weighted by molar-refractivity contribution is -0.385. The fraction of sp³-hybridized carbons (Fsp3) is 0.0909. The molecule has 1 N–H and O–H groups in total. The summed E-state index contributed by atoms with van der Waals surface area (Å²) in [5.74, 6) is -0.565. The molecule has 35 heavy (non-hydrogen) atoms. The summed E-state index contributed by atoms with van der Waals surface area (Å²) in [5, 5.41) is 15.4. The average molecular weight is 538 g/mol. The molecular formula is C22H17Cl2N3O7S. The number of nitro benzene ring substituents is 1. The summed E-state index contributed by atoms with van der Waals surface area (Å²) in [5.41, 5.74) is 2.66. The molecule has 3 rings (SSSR count). The molecule has 0 fully saturated rings. The van der Waals surface area contributed by atoms with E-state index in [9.17, 15) is 23.3 Å². The molecule has 0 aliphatic carbocycles. The molecule has 0 saturated carbocycles. The monoisotopic (exact) mass is 537 g/mol. The summed E-state index contributed by atoms with van der Waals surface area (Å²) in [6.07, 6.45) is 1.32. The number of carbonyl (C=O) groups is 1. The highest BCUT2D eigenvalue weighted by Crippen LogP contribution is 2.31. The summed E-state index contributed by atoms with van der Waals surface area (Å²) >= 11 is 11.7. The average Bonchev–Trinajstić information content (AvgIpc) is 2.82. The number of halogens is 2. The lowest BCUT2D eigenvalue weighted by Crippen LogP contribution is -2.17. The number of amides is 1. The standard InChI is InChI=1S/C22H17Cl2N3O7S/c1-2-33-21-10-14(13-25-26-22(28)15-7-8-18(23)19(24)11-15)6-9-20(21)34-35(31,32)17-5-3-4-16(12-17)27(29)30/h3-13H,2H2,1H3,(H,26,28)/b25-13-. The molecule has 3 aromatic rings. The molecule has 1 amide bonds. The first-order valence-electron chi connectivity index (χ1n) is 9.85. The molecule has 0 saturated heterocycles. The Kier molecular flexibility index (Phi) is 8.28. The zero-order valence-corrected chi connectivity index (χ0v) is 20.3. The van der Waals surface area contributed by atoms with Crippen LogP contribution in [0.5, 0.6) is 11.5 Å². The Labute approximate surface area is 210 Å². The Balaban J connectivity index is 1.78. The molecule has 13 heteroatoms. The van der Waals surface area contributed by atoms with Crippen LogP contribution in [0.3, 0.4) is 0 Å². The number of hydrazone groups is 1. The normalized spacial score (nSPS) is 11.3. The van der Waals surface area contributed by atoms with Crippen molar-refractivity contribution in [1.82, 2.24) is 5.43 Å². The quantitative estimate of drug-likeness (QED) is 0.178. The van der Waals surface area contributed by atoms with Gasteiger partial charge in [0.25, 0.3) is 11.6 Å². The molecule has 0 aliphatic heterocycles. The summed E-state index contributed by atoms with van der Waals surface area (Å²) < 4.78 is 35.9. The van der Waals surface area contributed by atoms with E-state index in [-0.39, 0.29) is 33.6 Å². The van der Waals surface area contributed by atoms with E-state index in [0.29, 0.717) is 10.6 Å². The maximum Gasteiger partial charge on any atom is 0.339 e. The zero-order valence-electron chi connectivity index (χ0n) is 18.0. The van der Waals surface area contributed by atoms with E-state index in [4.69, 9.17) is 32.1 Å². The van der Waals surface area contributed by atoms with Gasteiger partial charge in [0, 0.05) is 17.7 Å². The Bertz CT molecular complexity index is 1410. The van der Waals surface area contributed by atoms with Crippen molar-refractivity contribution in [1.29, 1.82) is 0 Å². The molecule has 0 bridgehead atoms. The molecule has 0 aliphatic rings. The second-order valence-corrected chi connectivity index (χ2v) is 9.12. The summed E-state index contributed by atoms with van der Waals surface area (Å²) in [6.45, 7) is 1.89. The molecule has 3 aromatic carbocycles. The Morgan fingerprint density at radius 2 is 1.86 bits per heavy atom. The van der Waals surface area contributed by atoms with Gasteiger partial charge in [-0.15, -0.1) is 0 Å². The molecule has 0 spiro atoms. The number of non-ortho nitro benzene ring substituents is 1. The number of rotatable bonds is 9. The predicted molar refractivity (Wildman–Crippen MR) is 130 cm³/mol. The lowest BCUT2D eigenvalue weighted by atomic mass is 10.2. The van der Waals surface area contributed by atoms with Crippen LogP contribution < -0.4 is 14.3 Å². The second-order valence-electron chi connectivity index (χ2n) is 6.76. The molecule has 0 unspecified atom stereocenters. The first kappa shape index (κ1) is 25.9. The molecule has 0 atom stereocenters. The molecule has 10 nitrogen and oxygen atoms in total. The van der Waals surface area contributed by atoms with Crippen LogP contribution in [0.2, 0.25) is 10.0 Å². The minimum absolute atomic E-state index is 0.0845. The Hall–Kier alpha value is -3.67. The fourth-order valence-electron chi connectivity index (χ4n) is 2.73. The van der Waals surface area contributed by atoms with Crippen LogP contribution in [-0.4, -0.2) is 32.1 Å². The van der Waals surface area contributed by atoms with Gasteiger partial charge in [0.1, 0.15) is 4.90 Å². The van der Waals surface area contributed by atoms with E-state index in [1.807, 2.05) is 0 Å². The minimum atomic E-state index is -4.38. The van der Waals surface area contributed by atoms with Gasteiger partial charge in [-0.1, -0.05) is 29.3 Å². The molecule has 0 heterocycles. The second kappa shape index (κ2) is 11.2. The number of nitrogens with zero attached hydrogens (tertiary/aromatic N) is 2. The van der Waals surface area contributed by atoms with Crippen molar-refractivity contribution in [2.75, 3.05) is 6.61 Å². The van der Waals surface area contributed by atoms with Crippen molar-refractivity contribution in [2.45, 2.75) is 11.8 Å². The maximum absolute atomic E-state index is 12.7. The van der Waals surface area contributed by atoms with Gasteiger partial charge in [0.2, 0.25) is 0 Å². The van der Waals surface area contributed by atoms with E-state index >= 15 is 0 Å². The number of hydrogen-bond donors (Lipinski definition) is 1. The highest BCUT2D eigenvalue weighted by atomic mass is 35.5. The van der Waals surface area contributed by atoms with Crippen LogP contribution in [0.4, 0.5) is 5.69 Å². The number of benzene rings is 3. The van der Waals surface area contributed by atoms with E-state index in [2.05, 4.69) is 10.5 Å². The number of ether oxygens (including phenoxy) is 1. The first-order valence-corrected chi connectivity index (χ1v) is 12.0. The molecule has 182 valence electrons. The van der Waals surface area contributed by atoms with Gasteiger partial charge in [0.15, 0.2) is 11.5 Å². The highest BCUT2D eigenvalue weighted by Gasteiger charge is 2.22. The SMILES string of the molecule is CCOc1cc(/C=N\NC(=O)c2ccc(Cl)c(Cl)c2)ccc1OS(=O)(=O)c1cccc([N+](=O)[O-])c1. The Morgan fingerprint density at radius 3 is 2.54 bits per heavy atom. The Morgan fingerprint density at radius 1 is 1.09 bits per heavy atom. The number of nitrogens with one attached hydrogen (secondary N) is 1. The van der Waals surface area contributed by atoms with Crippen molar-refractivity contribution in [3.05, 3.63) is 92.0 Å². The van der Waals surface area contributed by atoms with Gasteiger partial charge in [-0.3, -0.25) is 14.9 Å². The molecule has 0 aromatic heterocycles. The smallest absolute Gasteiger partial charge is 0.339 e. The molecule has 0 radical (unpaired) electrons. The third kappa shape index (κ3) is 6.69. The van der Waals surface area contributed by atoms with Crippen LogP contribution in [0.15, 0.2) is 70.7 Å². The number of carbonyl (C=O) groups excluding carboxylic acids is 1.